The summed E-state index contributed by atoms with van der Waals surface area (Å²) < 4.78 is 55.9. The Bertz CT molecular complexity index is 808. The minimum Gasteiger partial charge on any atom is -0.435 e. The third-order valence-electron chi connectivity index (χ3n) is 4.14. The minimum absolute atomic E-state index is 0. The van der Waals surface area contributed by atoms with Gasteiger partial charge in [-0.1, -0.05) is 12.1 Å². The van der Waals surface area contributed by atoms with Gasteiger partial charge in [0.25, 0.3) is 0 Å². The summed E-state index contributed by atoms with van der Waals surface area (Å²) in [7, 11) is 0. The molecule has 2 atom stereocenters. The number of rotatable bonds is 6. The SMILES string of the molecule is Cl.O=C(NCc1cc(-c2ccc(OC(F)F)cc2)c(F)cn1)[C@H]1C[C@@H](F)CN1. The molecule has 0 spiro atoms. The molecule has 1 saturated heterocycles. The molecule has 2 aromatic rings. The predicted octanol–water partition coefficient (Wildman–Crippen LogP) is 3.23. The molecule has 1 aliphatic heterocycles. The van der Waals surface area contributed by atoms with E-state index in [1.54, 1.807) is 0 Å². The quantitative estimate of drug-likeness (QED) is 0.706. The fraction of sp³-hybridized carbons (Fsp3) is 0.333. The number of halogens is 5. The number of nitrogens with one attached hydrogen (secondary N) is 2. The molecule has 28 heavy (non-hydrogen) atoms. The molecule has 2 N–H and O–H groups in total. The van der Waals surface area contributed by atoms with Crippen LogP contribution in [0.1, 0.15) is 12.1 Å². The van der Waals surface area contributed by atoms with Crippen molar-refractivity contribution in [3.8, 4) is 16.9 Å². The van der Waals surface area contributed by atoms with Crippen molar-refractivity contribution in [2.24, 2.45) is 0 Å². The summed E-state index contributed by atoms with van der Waals surface area (Å²) in [6.45, 7) is -2.75. The number of alkyl halides is 3. The number of amides is 1. The first kappa shape index (κ1) is 21.9. The zero-order valence-corrected chi connectivity index (χ0v) is 15.3. The number of carbonyl (C=O) groups excluding carboxylic acids is 1. The van der Waals surface area contributed by atoms with E-state index in [4.69, 9.17) is 0 Å². The Kier molecular flexibility index (Phi) is 7.59. The van der Waals surface area contributed by atoms with Gasteiger partial charge in [0.15, 0.2) is 0 Å². The van der Waals surface area contributed by atoms with Gasteiger partial charge in [-0.2, -0.15) is 8.78 Å². The van der Waals surface area contributed by atoms with E-state index in [9.17, 15) is 22.4 Å². The predicted molar refractivity (Wildman–Crippen MR) is 96.7 cm³/mol. The van der Waals surface area contributed by atoms with Crippen LogP contribution in [0.25, 0.3) is 11.1 Å². The maximum atomic E-state index is 14.1. The van der Waals surface area contributed by atoms with Crippen LogP contribution < -0.4 is 15.4 Å². The highest BCUT2D eigenvalue weighted by molar-refractivity contribution is 5.85. The molecule has 5 nitrogen and oxygen atoms in total. The Labute approximate surface area is 164 Å². The highest BCUT2D eigenvalue weighted by Crippen LogP contribution is 2.26. The summed E-state index contributed by atoms with van der Waals surface area (Å²) in [6, 6.07) is 6.37. The summed E-state index contributed by atoms with van der Waals surface area (Å²) in [5.41, 5.74) is 1.06. The van der Waals surface area contributed by atoms with E-state index in [2.05, 4.69) is 20.4 Å². The van der Waals surface area contributed by atoms with E-state index in [0.717, 1.165) is 6.20 Å². The van der Waals surface area contributed by atoms with Crippen molar-refractivity contribution in [2.75, 3.05) is 6.54 Å². The van der Waals surface area contributed by atoms with Crippen LogP contribution in [-0.2, 0) is 11.3 Å². The molecule has 1 fully saturated rings. The maximum absolute atomic E-state index is 14.1. The first-order valence-corrected chi connectivity index (χ1v) is 8.27. The fourth-order valence-electron chi connectivity index (χ4n) is 2.81. The second-order valence-corrected chi connectivity index (χ2v) is 6.07. The molecule has 1 aliphatic rings. The molecular formula is C18H18ClF4N3O2. The Morgan fingerprint density at radius 1 is 1.32 bits per heavy atom. The van der Waals surface area contributed by atoms with E-state index in [1.165, 1.54) is 30.3 Å². The molecule has 0 radical (unpaired) electrons. The van der Waals surface area contributed by atoms with Crippen LogP contribution in [-0.4, -0.2) is 36.3 Å². The Morgan fingerprint density at radius 3 is 2.64 bits per heavy atom. The minimum atomic E-state index is -2.94. The van der Waals surface area contributed by atoms with Gasteiger partial charge in [0.05, 0.1) is 24.5 Å². The molecule has 10 heteroatoms. The number of hydrogen-bond donors (Lipinski definition) is 2. The lowest BCUT2D eigenvalue weighted by Crippen LogP contribution is -2.40. The smallest absolute Gasteiger partial charge is 0.387 e. The third-order valence-corrected chi connectivity index (χ3v) is 4.14. The molecule has 1 aromatic heterocycles. The summed E-state index contributed by atoms with van der Waals surface area (Å²) in [6.07, 6.45) is 0.0839. The van der Waals surface area contributed by atoms with Crippen LogP contribution in [0.4, 0.5) is 17.6 Å². The van der Waals surface area contributed by atoms with Gasteiger partial charge in [-0.25, -0.2) is 8.78 Å². The molecule has 0 unspecified atom stereocenters. The lowest BCUT2D eigenvalue weighted by molar-refractivity contribution is -0.123. The van der Waals surface area contributed by atoms with Crippen LogP contribution in [0, 0.1) is 5.82 Å². The zero-order valence-electron chi connectivity index (χ0n) is 14.5. The highest BCUT2D eigenvalue weighted by Gasteiger charge is 2.28. The summed E-state index contributed by atoms with van der Waals surface area (Å²) in [5, 5.41) is 5.41. The first-order chi connectivity index (χ1) is 12.9. The van der Waals surface area contributed by atoms with Crippen molar-refractivity contribution >= 4 is 18.3 Å². The van der Waals surface area contributed by atoms with Crippen LogP contribution in [0.2, 0.25) is 0 Å². The number of ether oxygens (including phenoxy) is 1. The molecule has 152 valence electrons. The largest absolute Gasteiger partial charge is 0.435 e. The van der Waals surface area contributed by atoms with Gasteiger partial charge >= 0.3 is 6.61 Å². The van der Waals surface area contributed by atoms with Crippen molar-refractivity contribution in [3.63, 3.8) is 0 Å². The van der Waals surface area contributed by atoms with Crippen molar-refractivity contribution < 1.29 is 27.1 Å². The third kappa shape index (κ3) is 5.56. The van der Waals surface area contributed by atoms with E-state index in [1.807, 2.05) is 0 Å². The molecule has 0 saturated carbocycles. The van der Waals surface area contributed by atoms with Gasteiger partial charge in [0, 0.05) is 18.5 Å². The fourth-order valence-corrected chi connectivity index (χ4v) is 2.81. The van der Waals surface area contributed by atoms with Gasteiger partial charge in [0.2, 0.25) is 5.91 Å². The summed E-state index contributed by atoms with van der Waals surface area (Å²) in [5.74, 6) is -0.979. The average Bonchev–Trinajstić information content (AvgIpc) is 3.07. The molecular weight excluding hydrogens is 402 g/mol. The second-order valence-electron chi connectivity index (χ2n) is 6.07. The Balaban J connectivity index is 0.00000280. The molecule has 1 amide bonds. The second kappa shape index (κ2) is 9.70. The average molecular weight is 420 g/mol. The lowest BCUT2D eigenvalue weighted by atomic mass is 10.1. The van der Waals surface area contributed by atoms with Crippen molar-refractivity contribution in [1.82, 2.24) is 15.6 Å². The molecule has 1 aromatic carbocycles. The highest BCUT2D eigenvalue weighted by atomic mass is 35.5. The van der Waals surface area contributed by atoms with Crippen molar-refractivity contribution in [1.29, 1.82) is 0 Å². The van der Waals surface area contributed by atoms with Gasteiger partial charge in [-0.05, 0) is 23.8 Å². The van der Waals surface area contributed by atoms with Gasteiger partial charge in [-0.15, -0.1) is 12.4 Å². The lowest BCUT2D eigenvalue weighted by Gasteiger charge is -2.12. The van der Waals surface area contributed by atoms with Crippen molar-refractivity contribution in [2.45, 2.75) is 31.8 Å². The summed E-state index contributed by atoms with van der Waals surface area (Å²) >= 11 is 0. The van der Waals surface area contributed by atoms with E-state index in [-0.39, 0.29) is 49.1 Å². The molecule has 2 heterocycles. The van der Waals surface area contributed by atoms with Crippen LogP contribution in [0.3, 0.4) is 0 Å². The van der Waals surface area contributed by atoms with E-state index >= 15 is 0 Å². The first-order valence-electron chi connectivity index (χ1n) is 8.27. The monoisotopic (exact) mass is 419 g/mol. The number of hydrogen-bond acceptors (Lipinski definition) is 4. The van der Waals surface area contributed by atoms with Crippen LogP contribution in [0.5, 0.6) is 5.75 Å². The molecule has 3 rings (SSSR count). The van der Waals surface area contributed by atoms with Gasteiger partial charge < -0.3 is 15.4 Å². The zero-order chi connectivity index (χ0) is 19.4. The number of benzene rings is 1. The number of pyridine rings is 1. The van der Waals surface area contributed by atoms with Crippen molar-refractivity contribution in [3.05, 3.63) is 48.0 Å². The Morgan fingerprint density at radius 2 is 2.04 bits per heavy atom. The molecule has 0 bridgehead atoms. The maximum Gasteiger partial charge on any atom is 0.387 e. The normalized spacial score (nSPS) is 18.6. The topological polar surface area (TPSA) is 63.2 Å². The van der Waals surface area contributed by atoms with Crippen LogP contribution in [0.15, 0.2) is 36.5 Å². The van der Waals surface area contributed by atoms with E-state index < -0.39 is 24.6 Å². The van der Waals surface area contributed by atoms with Gasteiger partial charge in [-0.3, -0.25) is 9.78 Å². The Hall–Kier alpha value is -2.39. The van der Waals surface area contributed by atoms with Gasteiger partial charge in [0.1, 0.15) is 17.7 Å². The number of aromatic nitrogens is 1. The number of carbonyl (C=O) groups is 1. The number of nitrogens with zero attached hydrogens (tertiary/aromatic N) is 1. The molecule has 0 aliphatic carbocycles. The summed E-state index contributed by atoms with van der Waals surface area (Å²) in [4.78, 5) is 15.9. The standard InChI is InChI=1S/C18H17F4N3O2.ClH/c19-11-5-16(24-7-11)17(26)25-8-12-6-14(15(20)9-23-12)10-1-3-13(4-2-10)27-18(21)22;/h1-4,6,9,11,16,18,24H,5,7-8H2,(H,25,26);1H/t11-,16-;/m1./s1. The van der Waals surface area contributed by atoms with E-state index in [0.29, 0.717) is 11.3 Å². The van der Waals surface area contributed by atoms with Crippen LogP contribution >= 0.6 is 12.4 Å².